The summed E-state index contributed by atoms with van der Waals surface area (Å²) in [5.74, 6) is 8.78. The lowest BCUT2D eigenvalue weighted by Gasteiger charge is -2.60. The Bertz CT molecular complexity index is 1420. The third-order valence-corrected chi connectivity index (χ3v) is 10.5. The number of aryl methyl sites for hydroxylation is 2. The summed E-state index contributed by atoms with van der Waals surface area (Å²) >= 11 is 0. The van der Waals surface area contributed by atoms with E-state index < -0.39 is 0 Å². The predicted octanol–water partition coefficient (Wildman–Crippen LogP) is 4.35. The van der Waals surface area contributed by atoms with Gasteiger partial charge in [-0.25, -0.2) is 0 Å². The zero-order valence-electron chi connectivity index (χ0n) is 23.4. The van der Waals surface area contributed by atoms with Crippen molar-refractivity contribution in [1.29, 1.82) is 0 Å². The van der Waals surface area contributed by atoms with Crippen LogP contribution in [0, 0.1) is 37.5 Å². The molecular formula is C33H38N2O4. The molecular weight excluding hydrogens is 488 g/mol. The van der Waals surface area contributed by atoms with Gasteiger partial charge < -0.3 is 19.5 Å². The summed E-state index contributed by atoms with van der Waals surface area (Å²) in [7, 11) is 3.51. The topological polar surface area (TPSA) is 62.2 Å². The zero-order valence-corrected chi connectivity index (χ0v) is 23.4. The molecule has 39 heavy (non-hydrogen) atoms. The minimum Gasteiger partial charge on any atom is -0.508 e. The highest BCUT2D eigenvalue weighted by atomic mass is 16.5. The van der Waals surface area contributed by atoms with Crippen molar-refractivity contribution in [3.63, 3.8) is 0 Å². The molecule has 5 aliphatic rings. The van der Waals surface area contributed by atoms with Crippen molar-refractivity contribution >= 4 is 5.91 Å². The molecule has 0 aromatic heterocycles. The molecule has 0 unspecified atom stereocenters. The van der Waals surface area contributed by atoms with Crippen LogP contribution >= 0.6 is 0 Å². The van der Waals surface area contributed by atoms with E-state index in [1.54, 1.807) is 13.2 Å². The average molecular weight is 527 g/mol. The molecule has 7 rings (SSSR count). The van der Waals surface area contributed by atoms with E-state index in [-0.39, 0.29) is 23.5 Å². The number of carbonyl (C=O) groups excluding carboxylic acids is 1. The molecule has 3 fully saturated rings. The van der Waals surface area contributed by atoms with Crippen LogP contribution in [0.1, 0.15) is 59.9 Å². The van der Waals surface area contributed by atoms with Crippen LogP contribution in [0.5, 0.6) is 17.2 Å². The number of likely N-dealkylation sites (N-methyl/N-ethyl adjacent to an activating group) is 1. The molecule has 1 spiro atoms. The Morgan fingerprint density at radius 2 is 2.03 bits per heavy atom. The van der Waals surface area contributed by atoms with Crippen molar-refractivity contribution in [1.82, 2.24) is 9.80 Å². The van der Waals surface area contributed by atoms with Crippen molar-refractivity contribution in [2.45, 2.75) is 76.0 Å². The number of phenols is 1. The minimum absolute atomic E-state index is 0.0939. The molecule has 5 atom stereocenters. The van der Waals surface area contributed by atoms with Gasteiger partial charge in [-0.15, -0.1) is 0 Å². The number of likely N-dealkylation sites (tertiary alicyclic amines) is 1. The SMILES string of the molecule is COc1cc(O)c2c3c1O[C@H]1[C@H](N(C)C(=O)C#Cc4ccc(C)c(C)c4)CC[C@H]4[C@@H](C2)N(CC2CC2)CC[C@@]341. The first-order valence-corrected chi connectivity index (χ1v) is 14.5. The maximum Gasteiger partial charge on any atom is 0.298 e. The number of ether oxygens (including phenoxy) is 2. The fourth-order valence-corrected chi connectivity index (χ4v) is 8.24. The average Bonchev–Trinajstić information content (AvgIpc) is 3.69. The second-order valence-corrected chi connectivity index (χ2v) is 12.5. The van der Waals surface area contributed by atoms with Crippen LogP contribution in [0.2, 0.25) is 0 Å². The van der Waals surface area contributed by atoms with E-state index in [9.17, 15) is 9.90 Å². The molecule has 2 bridgehead atoms. The maximum absolute atomic E-state index is 13.4. The van der Waals surface area contributed by atoms with E-state index in [0.29, 0.717) is 23.5 Å². The molecule has 1 N–H and O–H groups in total. The quantitative estimate of drug-likeness (QED) is 0.601. The molecule has 2 saturated carbocycles. The Morgan fingerprint density at radius 3 is 2.77 bits per heavy atom. The summed E-state index contributed by atoms with van der Waals surface area (Å²) in [6.07, 6.45) is 6.26. The largest absolute Gasteiger partial charge is 0.508 e. The molecule has 2 aromatic rings. The number of carbonyl (C=O) groups is 1. The molecule has 2 heterocycles. The first-order valence-electron chi connectivity index (χ1n) is 14.5. The summed E-state index contributed by atoms with van der Waals surface area (Å²) in [6.45, 7) is 6.34. The fraction of sp³-hybridized carbons (Fsp3) is 0.545. The lowest BCUT2D eigenvalue weighted by atomic mass is 9.50. The highest BCUT2D eigenvalue weighted by Crippen LogP contribution is 2.65. The van der Waals surface area contributed by atoms with E-state index in [1.807, 2.05) is 30.1 Å². The lowest BCUT2D eigenvalue weighted by molar-refractivity contribution is -0.134. The Balaban J connectivity index is 1.25. The fourth-order valence-electron chi connectivity index (χ4n) is 8.24. The Labute approximate surface area is 231 Å². The Kier molecular flexibility index (Phi) is 5.68. The van der Waals surface area contributed by atoms with Gasteiger partial charge in [0.2, 0.25) is 0 Å². The number of hydrogen-bond donors (Lipinski definition) is 1. The molecule has 1 amide bonds. The smallest absolute Gasteiger partial charge is 0.298 e. The third kappa shape index (κ3) is 3.69. The highest BCUT2D eigenvalue weighted by Gasteiger charge is 2.67. The first-order chi connectivity index (χ1) is 18.8. The van der Waals surface area contributed by atoms with Crippen LogP contribution in [0.4, 0.5) is 0 Å². The van der Waals surface area contributed by atoms with E-state index >= 15 is 0 Å². The van der Waals surface area contributed by atoms with Gasteiger partial charge in [-0.05, 0) is 94.0 Å². The maximum atomic E-state index is 13.4. The monoisotopic (exact) mass is 526 g/mol. The molecule has 0 radical (unpaired) electrons. The lowest BCUT2D eigenvalue weighted by Crippen LogP contribution is -2.69. The van der Waals surface area contributed by atoms with Crippen molar-refractivity contribution in [3.8, 4) is 29.1 Å². The molecule has 6 heteroatoms. The van der Waals surface area contributed by atoms with Gasteiger partial charge in [0.15, 0.2) is 11.5 Å². The van der Waals surface area contributed by atoms with Crippen LogP contribution in [0.15, 0.2) is 24.3 Å². The van der Waals surface area contributed by atoms with Crippen LogP contribution in [0.25, 0.3) is 0 Å². The van der Waals surface area contributed by atoms with E-state index in [2.05, 4.69) is 30.6 Å². The van der Waals surface area contributed by atoms with Crippen LogP contribution in [-0.2, 0) is 16.6 Å². The third-order valence-electron chi connectivity index (χ3n) is 10.5. The predicted molar refractivity (Wildman–Crippen MR) is 149 cm³/mol. The van der Waals surface area contributed by atoms with E-state index in [1.165, 1.54) is 24.0 Å². The number of aromatic hydroxyl groups is 1. The second kappa shape index (κ2) is 8.93. The number of methoxy groups -OCH3 is 1. The number of piperidine rings is 1. The molecule has 1 saturated heterocycles. The molecule has 3 aliphatic carbocycles. The second-order valence-electron chi connectivity index (χ2n) is 12.5. The van der Waals surface area contributed by atoms with Crippen LogP contribution in [-0.4, -0.2) is 66.2 Å². The van der Waals surface area contributed by atoms with Crippen molar-refractivity contribution < 1.29 is 19.4 Å². The van der Waals surface area contributed by atoms with Gasteiger partial charge >= 0.3 is 0 Å². The molecule has 204 valence electrons. The van der Waals surface area contributed by atoms with Gasteiger partial charge in [0.1, 0.15) is 11.9 Å². The normalized spacial score (nSPS) is 30.1. The number of benzene rings is 2. The summed E-state index contributed by atoms with van der Waals surface area (Å²) in [5, 5.41) is 11.2. The van der Waals surface area contributed by atoms with Gasteiger partial charge in [0.25, 0.3) is 5.91 Å². The van der Waals surface area contributed by atoms with Crippen LogP contribution < -0.4 is 9.47 Å². The summed E-state index contributed by atoms with van der Waals surface area (Å²) in [4.78, 5) is 18.0. The van der Waals surface area contributed by atoms with E-state index in [0.717, 1.165) is 67.1 Å². The van der Waals surface area contributed by atoms with Gasteiger partial charge in [-0.2, -0.15) is 0 Å². The molecule has 6 nitrogen and oxygen atoms in total. The van der Waals surface area contributed by atoms with Gasteiger partial charge in [-0.3, -0.25) is 9.69 Å². The number of hydrogen-bond acceptors (Lipinski definition) is 5. The van der Waals surface area contributed by atoms with Crippen LogP contribution in [0.3, 0.4) is 0 Å². The van der Waals surface area contributed by atoms with E-state index in [4.69, 9.17) is 9.47 Å². The van der Waals surface area contributed by atoms with Gasteiger partial charge in [-0.1, -0.05) is 12.0 Å². The van der Waals surface area contributed by atoms with Gasteiger partial charge in [0.05, 0.1) is 13.2 Å². The summed E-state index contributed by atoms with van der Waals surface area (Å²) in [6, 6.07) is 8.09. The number of rotatable bonds is 4. The Morgan fingerprint density at radius 1 is 1.21 bits per heavy atom. The summed E-state index contributed by atoms with van der Waals surface area (Å²) in [5.41, 5.74) is 5.20. The standard InChI is InChI=1S/C33H38N2O4/c1-19-5-6-21(15-20(19)2)9-12-29(37)34(3)25-11-10-24-26-16-23-27(36)17-28(38-4)31-30(23)33(24,32(25)39-31)13-14-35(26)18-22-7-8-22/h5-6,15,17,22,24-26,32,36H,7-8,10-11,13-14,16,18H2,1-4H3/t24-,25+,26+,32-,33-/m0/s1. The highest BCUT2D eigenvalue weighted by molar-refractivity contribution is 5.94. The van der Waals surface area contributed by atoms with Gasteiger partial charge in [0, 0.05) is 53.7 Å². The molecule has 2 aliphatic heterocycles. The number of phenolic OH excluding ortho intramolecular Hbond substituents is 1. The number of nitrogens with zero attached hydrogens (tertiary/aromatic N) is 2. The van der Waals surface area contributed by atoms with Crippen molar-refractivity contribution in [2.75, 3.05) is 27.2 Å². The zero-order chi connectivity index (χ0) is 27.1. The van der Waals surface area contributed by atoms with Crippen molar-refractivity contribution in [3.05, 3.63) is 52.1 Å². The first kappa shape index (κ1) is 24.8. The Hall–Kier alpha value is -3.17. The summed E-state index contributed by atoms with van der Waals surface area (Å²) < 4.78 is 12.6. The minimum atomic E-state index is -0.224. The number of amides is 1. The van der Waals surface area contributed by atoms with Crippen molar-refractivity contribution in [2.24, 2.45) is 11.8 Å². The molecule has 2 aromatic carbocycles.